The van der Waals surface area contributed by atoms with E-state index in [-0.39, 0.29) is 26.1 Å². The fraction of sp³-hybridized carbons (Fsp3) is 0.516. The van der Waals surface area contributed by atoms with E-state index in [1.54, 1.807) is 31.2 Å². The molecule has 0 aliphatic heterocycles. The summed E-state index contributed by atoms with van der Waals surface area (Å²) >= 11 is 0. The Labute approximate surface area is 270 Å². The number of urea groups is 1. The Morgan fingerprint density at radius 1 is 1.00 bits per heavy atom. The second-order valence-electron chi connectivity index (χ2n) is 9.28. The molecule has 0 aliphatic rings. The van der Waals surface area contributed by atoms with Crippen molar-refractivity contribution in [2.75, 3.05) is 31.6 Å². The van der Waals surface area contributed by atoms with Crippen molar-refractivity contribution < 1.29 is 43.4 Å². The van der Waals surface area contributed by atoms with Gasteiger partial charge in [0.1, 0.15) is 12.6 Å². The molecule has 1 atom stereocenters. The molecule has 0 saturated heterocycles. The Bertz CT molecular complexity index is 1110. The molecule has 7 N–H and O–H groups in total. The normalized spacial score (nSPS) is 10.5. The second kappa shape index (κ2) is 27.7. The Kier molecular flexibility index (Phi) is 26.1. The Balaban J connectivity index is 0. The van der Waals surface area contributed by atoms with Crippen LogP contribution < -0.4 is 27.0 Å². The number of ether oxygens (including phenoxy) is 1. The Morgan fingerprint density at radius 3 is 2.15 bits per heavy atom. The zero-order valence-corrected chi connectivity index (χ0v) is 27.4. The molecule has 0 radical (unpaired) electrons. The number of aliphatic hydroxyl groups is 1. The molecule has 0 aromatic heterocycles. The van der Waals surface area contributed by atoms with E-state index in [0.29, 0.717) is 37.9 Å². The highest BCUT2D eigenvalue weighted by Crippen LogP contribution is 2.10. The van der Waals surface area contributed by atoms with Gasteiger partial charge in [-0.05, 0) is 50.0 Å². The number of benzene rings is 1. The number of carbonyl (C=O) groups is 7. The van der Waals surface area contributed by atoms with Crippen LogP contribution in [0.1, 0.15) is 72.3 Å². The standard InChI is InChI=1S/C25H34N4O8.C4H10N2O.C2H6/c1-3-7-24(35)29(17-31)13-6-4-5-8-22(33)28-21(15-30)25(36)26-14-23(34)27-20-11-9-19(10-12-20)16-37-18(2)32;1-2-3-6-4(5)7;1-2/h3,7,9-12,17,21,30H,4-6,8,13-16H2,1-2H3,(H,26,36)(H,27,34)(H,28,33);2-3H2,1H3,(H3,5,6,7);1-2H3/b7-3-;;. The summed E-state index contributed by atoms with van der Waals surface area (Å²) in [5.74, 6) is -2.49. The zero-order chi connectivity index (χ0) is 35.3. The van der Waals surface area contributed by atoms with Gasteiger partial charge in [-0.3, -0.25) is 33.7 Å². The minimum atomic E-state index is -1.22. The first-order valence-electron chi connectivity index (χ1n) is 15.1. The molecule has 0 fully saturated rings. The summed E-state index contributed by atoms with van der Waals surface area (Å²) in [4.78, 5) is 80.8. The number of allylic oxidation sites excluding steroid dienone is 1. The van der Waals surface area contributed by atoms with Crippen molar-refractivity contribution in [2.45, 2.75) is 79.4 Å². The summed E-state index contributed by atoms with van der Waals surface area (Å²) < 4.78 is 4.88. The van der Waals surface area contributed by atoms with Crippen molar-refractivity contribution in [1.29, 1.82) is 0 Å². The fourth-order valence-corrected chi connectivity index (χ4v) is 3.27. The second-order valence-corrected chi connectivity index (χ2v) is 9.28. The van der Waals surface area contributed by atoms with E-state index in [2.05, 4.69) is 21.3 Å². The van der Waals surface area contributed by atoms with Gasteiger partial charge in [-0.2, -0.15) is 0 Å². The lowest BCUT2D eigenvalue weighted by atomic mass is 10.1. The van der Waals surface area contributed by atoms with Crippen LogP contribution in [0.3, 0.4) is 0 Å². The molecule has 15 heteroatoms. The molecule has 1 aromatic rings. The number of nitrogens with two attached hydrogens (primary N) is 1. The minimum absolute atomic E-state index is 0.0849. The number of nitrogens with zero attached hydrogens (tertiary/aromatic N) is 1. The van der Waals surface area contributed by atoms with Gasteiger partial charge < -0.3 is 36.8 Å². The van der Waals surface area contributed by atoms with Crippen molar-refractivity contribution in [2.24, 2.45) is 5.73 Å². The van der Waals surface area contributed by atoms with Gasteiger partial charge in [0.2, 0.25) is 24.1 Å². The third kappa shape index (κ3) is 22.7. The van der Waals surface area contributed by atoms with Crippen LogP contribution in [0.2, 0.25) is 0 Å². The van der Waals surface area contributed by atoms with Gasteiger partial charge in [0.15, 0.2) is 0 Å². The number of anilines is 1. The highest BCUT2D eigenvalue weighted by Gasteiger charge is 2.20. The lowest BCUT2D eigenvalue weighted by Gasteiger charge is -2.16. The number of primary amides is 1. The monoisotopic (exact) mass is 650 g/mol. The highest BCUT2D eigenvalue weighted by atomic mass is 16.5. The van der Waals surface area contributed by atoms with Crippen LogP contribution in [0.5, 0.6) is 0 Å². The average molecular weight is 651 g/mol. The number of hydrogen-bond acceptors (Lipinski definition) is 9. The van der Waals surface area contributed by atoms with E-state index >= 15 is 0 Å². The van der Waals surface area contributed by atoms with E-state index < -0.39 is 48.3 Å². The number of nitrogens with one attached hydrogen (secondary N) is 4. The largest absolute Gasteiger partial charge is 0.461 e. The summed E-state index contributed by atoms with van der Waals surface area (Å²) in [6, 6.07) is 4.93. The molecule has 0 heterocycles. The molecule has 7 amide bonds. The third-order valence-corrected chi connectivity index (χ3v) is 5.51. The van der Waals surface area contributed by atoms with Gasteiger partial charge in [-0.25, -0.2) is 4.79 Å². The topological polar surface area (TPSA) is 226 Å². The number of rotatable bonds is 18. The molecule has 1 rings (SSSR count). The van der Waals surface area contributed by atoms with Crippen LogP contribution in [0.4, 0.5) is 10.5 Å². The first-order chi connectivity index (χ1) is 22.0. The Hall–Kier alpha value is -4.79. The number of amides is 7. The molecule has 0 saturated carbocycles. The van der Waals surface area contributed by atoms with Crippen molar-refractivity contribution in [3.8, 4) is 0 Å². The lowest BCUT2D eigenvalue weighted by molar-refractivity contribution is -0.142. The molecular formula is C31H50N6O9. The number of unbranched alkanes of at least 4 members (excludes halogenated alkanes) is 2. The maximum absolute atomic E-state index is 12.3. The van der Waals surface area contributed by atoms with Gasteiger partial charge in [-0.1, -0.05) is 45.4 Å². The van der Waals surface area contributed by atoms with Gasteiger partial charge in [0.25, 0.3) is 5.91 Å². The maximum Gasteiger partial charge on any atom is 0.312 e. The lowest BCUT2D eigenvalue weighted by Crippen LogP contribution is -2.50. The van der Waals surface area contributed by atoms with Gasteiger partial charge >= 0.3 is 12.0 Å². The van der Waals surface area contributed by atoms with Crippen molar-refractivity contribution in [1.82, 2.24) is 20.9 Å². The van der Waals surface area contributed by atoms with Crippen molar-refractivity contribution in [3.63, 3.8) is 0 Å². The molecule has 0 bridgehead atoms. The predicted octanol–water partition coefficient (Wildman–Crippen LogP) is 1.49. The van der Waals surface area contributed by atoms with E-state index in [1.165, 1.54) is 19.1 Å². The number of esters is 1. The van der Waals surface area contributed by atoms with Gasteiger partial charge in [0, 0.05) is 32.1 Å². The molecule has 258 valence electrons. The van der Waals surface area contributed by atoms with E-state index in [1.807, 2.05) is 20.8 Å². The van der Waals surface area contributed by atoms with Crippen LogP contribution in [0, 0.1) is 0 Å². The molecule has 1 unspecified atom stereocenters. The molecule has 1 aromatic carbocycles. The summed E-state index contributed by atoms with van der Waals surface area (Å²) in [7, 11) is 0. The van der Waals surface area contributed by atoms with Crippen molar-refractivity contribution in [3.05, 3.63) is 42.0 Å². The Morgan fingerprint density at radius 2 is 1.65 bits per heavy atom. The molecule has 0 spiro atoms. The smallest absolute Gasteiger partial charge is 0.312 e. The third-order valence-electron chi connectivity index (χ3n) is 5.51. The molecular weight excluding hydrogens is 600 g/mol. The SMILES string of the molecule is C/C=C\C(=O)N(C=O)CCCCCC(=O)NC(CO)C(=O)NCC(=O)Nc1ccc(COC(C)=O)cc1.CC.CCCNC(N)=O. The summed E-state index contributed by atoms with van der Waals surface area (Å²) in [6.45, 7) is 8.95. The number of hydrogen-bond donors (Lipinski definition) is 6. The van der Waals surface area contributed by atoms with Crippen LogP contribution in [0.15, 0.2) is 36.4 Å². The van der Waals surface area contributed by atoms with Crippen LogP contribution in [-0.2, 0) is 40.1 Å². The number of imide groups is 1. The predicted molar refractivity (Wildman–Crippen MR) is 173 cm³/mol. The molecule has 15 nitrogen and oxygen atoms in total. The number of aliphatic hydroxyl groups excluding tert-OH is 1. The quantitative estimate of drug-likeness (QED) is 0.0585. The van der Waals surface area contributed by atoms with Crippen LogP contribution in [-0.4, -0.2) is 84.3 Å². The summed E-state index contributed by atoms with van der Waals surface area (Å²) in [5.41, 5.74) is 5.94. The summed E-state index contributed by atoms with van der Waals surface area (Å²) in [5, 5.41) is 19.3. The van der Waals surface area contributed by atoms with E-state index in [9.17, 15) is 38.7 Å². The first kappa shape index (κ1) is 43.3. The highest BCUT2D eigenvalue weighted by molar-refractivity contribution is 5.96. The zero-order valence-electron chi connectivity index (χ0n) is 27.4. The molecule has 0 aliphatic carbocycles. The minimum Gasteiger partial charge on any atom is -0.461 e. The summed E-state index contributed by atoms with van der Waals surface area (Å²) in [6.07, 6.45) is 5.85. The first-order valence-corrected chi connectivity index (χ1v) is 15.1. The van der Waals surface area contributed by atoms with Gasteiger partial charge in [0.05, 0.1) is 13.2 Å². The maximum atomic E-state index is 12.3. The van der Waals surface area contributed by atoms with Crippen molar-refractivity contribution >= 4 is 47.7 Å². The fourth-order valence-electron chi connectivity index (χ4n) is 3.27. The van der Waals surface area contributed by atoms with Crippen LogP contribution >= 0.6 is 0 Å². The van der Waals surface area contributed by atoms with E-state index in [4.69, 9.17) is 10.5 Å². The average Bonchev–Trinajstić information content (AvgIpc) is 3.04. The molecule has 46 heavy (non-hydrogen) atoms. The van der Waals surface area contributed by atoms with Gasteiger partial charge in [-0.15, -0.1) is 0 Å². The van der Waals surface area contributed by atoms with E-state index in [0.717, 1.165) is 16.9 Å². The number of carbonyl (C=O) groups excluding carboxylic acids is 7. The van der Waals surface area contributed by atoms with Crippen LogP contribution in [0.25, 0.3) is 0 Å².